The summed E-state index contributed by atoms with van der Waals surface area (Å²) in [5.41, 5.74) is -0.467. The fraction of sp³-hybridized carbons (Fsp3) is 0.278. The molecule has 0 atom stereocenters. The zero-order valence-electron chi connectivity index (χ0n) is 14.9. The van der Waals surface area contributed by atoms with Gasteiger partial charge in [-0.15, -0.1) is 0 Å². The Kier molecular flexibility index (Phi) is 4.88. The van der Waals surface area contributed by atoms with Gasteiger partial charge >= 0.3 is 18.0 Å². The van der Waals surface area contributed by atoms with E-state index < -0.39 is 23.8 Å². The molecule has 0 spiro atoms. The number of methoxy groups -OCH3 is 2. The molecular formula is C18H13F7N2O2. The lowest BCUT2D eigenvalue weighted by Gasteiger charge is -2.28. The van der Waals surface area contributed by atoms with Crippen LogP contribution in [0.2, 0.25) is 0 Å². The third-order valence-corrected chi connectivity index (χ3v) is 4.22. The van der Waals surface area contributed by atoms with Crippen LogP contribution >= 0.6 is 0 Å². The summed E-state index contributed by atoms with van der Waals surface area (Å²) < 4.78 is 105. The van der Waals surface area contributed by atoms with Gasteiger partial charge in [0.15, 0.2) is 5.82 Å². The molecule has 0 saturated carbocycles. The van der Waals surface area contributed by atoms with Crippen molar-refractivity contribution in [1.29, 1.82) is 0 Å². The molecule has 2 aromatic carbocycles. The summed E-state index contributed by atoms with van der Waals surface area (Å²) in [6.07, 6.45) is -6.49. The minimum Gasteiger partial charge on any atom is -0.497 e. The van der Waals surface area contributed by atoms with E-state index in [0.29, 0.717) is 10.3 Å². The number of benzene rings is 2. The number of fused-ring (bicyclic) bond motifs is 1. The molecule has 1 aromatic heterocycles. The van der Waals surface area contributed by atoms with Crippen LogP contribution in [0.5, 0.6) is 11.5 Å². The van der Waals surface area contributed by atoms with E-state index in [4.69, 9.17) is 9.47 Å². The Bertz CT molecular complexity index is 1030. The van der Waals surface area contributed by atoms with Gasteiger partial charge in [0, 0.05) is 11.8 Å². The van der Waals surface area contributed by atoms with Gasteiger partial charge in [0.25, 0.3) is 0 Å². The van der Waals surface area contributed by atoms with Crippen LogP contribution in [0.3, 0.4) is 0 Å². The highest BCUT2D eigenvalue weighted by molar-refractivity contribution is 5.80. The molecule has 0 aliphatic carbocycles. The van der Waals surface area contributed by atoms with Gasteiger partial charge < -0.3 is 9.47 Å². The van der Waals surface area contributed by atoms with E-state index in [1.165, 1.54) is 56.7 Å². The lowest BCUT2D eigenvalue weighted by Crippen LogP contribution is -2.51. The van der Waals surface area contributed by atoms with Crippen LogP contribution in [0, 0.1) is 0 Å². The molecule has 3 rings (SSSR count). The van der Waals surface area contributed by atoms with Gasteiger partial charge in [0.2, 0.25) is 0 Å². The minimum absolute atomic E-state index is 0.116. The van der Waals surface area contributed by atoms with Gasteiger partial charge in [-0.05, 0) is 36.4 Å². The zero-order chi connectivity index (χ0) is 21.6. The fourth-order valence-corrected chi connectivity index (χ4v) is 2.70. The third-order valence-electron chi connectivity index (χ3n) is 4.22. The molecule has 29 heavy (non-hydrogen) atoms. The van der Waals surface area contributed by atoms with E-state index in [1.54, 1.807) is 0 Å². The van der Waals surface area contributed by atoms with Crippen molar-refractivity contribution in [3.05, 3.63) is 48.3 Å². The molecule has 0 saturated heterocycles. The molecule has 0 unspecified atom stereocenters. The first-order valence-corrected chi connectivity index (χ1v) is 7.98. The van der Waals surface area contributed by atoms with Crippen molar-refractivity contribution in [2.75, 3.05) is 14.2 Å². The van der Waals surface area contributed by atoms with Crippen LogP contribution in [-0.2, 0) is 5.92 Å². The number of hydrogen-bond acceptors (Lipinski definition) is 3. The topological polar surface area (TPSA) is 36.3 Å². The summed E-state index contributed by atoms with van der Waals surface area (Å²) in [5.74, 6) is -13.3. The van der Waals surface area contributed by atoms with Crippen LogP contribution in [0.25, 0.3) is 16.7 Å². The standard InChI is InChI=1S/C18H13F7N2O2/c1-28-11-5-3-10(4-6-11)27-14-9-12(29-2)7-8-13(14)26-15(27)16(19,20)17(21,22)18(23,24)25/h3-9H,1-2H3. The van der Waals surface area contributed by atoms with Crippen molar-refractivity contribution in [3.63, 3.8) is 0 Å². The summed E-state index contributed by atoms with van der Waals surface area (Å²) in [5, 5.41) is 0. The van der Waals surface area contributed by atoms with E-state index in [9.17, 15) is 30.7 Å². The Morgan fingerprint density at radius 2 is 1.34 bits per heavy atom. The zero-order valence-corrected chi connectivity index (χ0v) is 14.9. The average molecular weight is 422 g/mol. The Balaban J connectivity index is 2.34. The highest BCUT2D eigenvalue weighted by atomic mass is 19.4. The molecule has 0 N–H and O–H groups in total. The maximum atomic E-state index is 14.5. The molecule has 0 amide bonds. The van der Waals surface area contributed by atoms with E-state index in [-0.39, 0.29) is 22.5 Å². The Labute approximate surface area is 159 Å². The molecule has 1 heterocycles. The first kappa shape index (κ1) is 20.7. The molecule has 156 valence electrons. The van der Waals surface area contributed by atoms with Gasteiger partial charge in [-0.1, -0.05) is 0 Å². The van der Waals surface area contributed by atoms with Crippen LogP contribution in [0.4, 0.5) is 30.7 Å². The first-order chi connectivity index (χ1) is 13.4. The van der Waals surface area contributed by atoms with Crippen molar-refractivity contribution in [1.82, 2.24) is 9.55 Å². The summed E-state index contributed by atoms with van der Waals surface area (Å²) in [7, 11) is 2.62. The second kappa shape index (κ2) is 6.82. The number of halogens is 7. The van der Waals surface area contributed by atoms with Gasteiger partial charge in [0.1, 0.15) is 11.5 Å². The SMILES string of the molecule is COc1ccc(-n2c(C(F)(F)C(F)(F)C(F)(F)F)nc3ccc(OC)cc32)cc1. The Morgan fingerprint density at radius 3 is 1.86 bits per heavy atom. The molecule has 3 aromatic rings. The van der Waals surface area contributed by atoms with Crippen LogP contribution < -0.4 is 9.47 Å². The summed E-state index contributed by atoms with van der Waals surface area (Å²) in [6.45, 7) is 0. The highest BCUT2D eigenvalue weighted by Gasteiger charge is 2.75. The summed E-state index contributed by atoms with van der Waals surface area (Å²) in [4.78, 5) is 3.40. The molecule has 0 radical (unpaired) electrons. The predicted molar refractivity (Wildman–Crippen MR) is 89.1 cm³/mol. The van der Waals surface area contributed by atoms with Gasteiger partial charge in [0.05, 0.1) is 25.3 Å². The quantitative estimate of drug-likeness (QED) is 0.522. The molecule has 0 aliphatic rings. The van der Waals surface area contributed by atoms with Crippen molar-refractivity contribution in [3.8, 4) is 17.2 Å². The maximum Gasteiger partial charge on any atom is 0.460 e. The second-order valence-electron chi connectivity index (χ2n) is 5.97. The van der Waals surface area contributed by atoms with Crippen molar-refractivity contribution in [2.45, 2.75) is 18.0 Å². The summed E-state index contributed by atoms with van der Waals surface area (Å²) >= 11 is 0. The van der Waals surface area contributed by atoms with Crippen molar-refractivity contribution in [2.24, 2.45) is 0 Å². The normalized spacial score (nSPS) is 13.0. The van der Waals surface area contributed by atoms with Gasteiger partial charge in [-0.2, -0.15) is 30.7 Å². The van der Waals surface area contributed by atoms with E-state index >= 15 is 0 Å². The molecule has 4 nitrogen and oxygen atoms in total. The van der Waals surface area contributed by atoms with Gasteiger partial charge in [-0.25, -0.2) is 4.98 Å². The summed E-state index contributed by atoms with van der Waals surface area (Å²) in [6, 6.07) is 8.83. The number of nitrogens with zero attached hydrogens (tertiary/aromatic N) is 2. The molecule has 11 heteroatoms. The molecular weight excluding hydrogens is 409 g/mol. The monoisotopic (exact) mass is 422 g/mol. The van der Waals surface area contributed by atoms with Gasteiger partial charge in [-0.3, -0.25) is 4.57 Å². The number of ether oxygens (including phenoxy) is 2. The average Bonchev–Trinajstić information content (AvgIpc) is 3.06. The molecule has 0 fully saturated rings. The lowest BCUT2D eigenvalue weighted by molar-refractivity contribution is -0.361. The first-order valence-electron chi connectivity index (χ1n) is 7.98. The van der Waals surface area contributed by atoms with Crippen LogP contribution in [-0.4, -0.2) is 35.9 Å². The number of imidazole rings is 1. The predicted octanol–water partition coefficient (Wildman–Crippen LogP) is 5.33. The fourth-order valence-electron chi connectivity index (χ4n) is 2.70. The maximum absolute atomic E-state index is 14.5. The Hall–Kier alpha value is -2.98. The van der Waals surface area contributed by atoms with Crippen molar-refractivity contribution >= 4 is 11.0 Å². The van der Waals surface area contributed by atoms with E-state index in [0.717, 1.165) is 0 Å². The minimum atomic E-state index is -6.49. The van der Waals surface area contributed by atoms with Crippen molar-refractivity contribution < 1.29 is 40.2 Å². The number of aromatic nitrogens is 2. The highest BCUT2D eigenvalue weighted by Crippen LogP contribution is 2.52. The van der Waals surface area contributed by atoms with E-state index in [1.807, 2.05) is 0 Å². The smallest absolute Gasteiger partial charge is 0.460 e. The molecule has 0 aliphatic heterocycles. The second-order valence-corrected chi connectivity index (χ2v) is 5.97. The van der Waals surface area contributed by atoms with Crippen LogP contribution in [0.1, 0.15) is 5.82 Å². The number of alkyl halides is 7. The number of rotatable bonds is 5. The largest absolute Gasteiger partial charge is 0.497 e. The number of hydrogen-bond donors (Lipinski definition) is 0. The van der Waals surface area contributed by atoms with Crippen LogP contribution in [0.15, 0.2) is 42.5 Å². The molecule has 0 bridgehead atoms. The Morgan fingerprint density at radius 1 is 0.793 bits per heavy atom. The lowest BCUT2D eigenvalue weighted by atomic mass is 10.1. The van der Waals surface area contributed by atoms with E-state index in [2.05, 4.69) is 4.98 Å². The third kappa shape index (κ3) is 3.23.